The zero-order chi connectivity index (χ0) is 14.5. The first kappa shape index (κ1) is 14.6. The van der Waals surface area contributed by atoms with E-state index in [4.69, 9.17) is 0 Å². The zero-order valence-corrected chi connectivity index (χ0v) is 12.5. The monoisotopic (exact) mass is 273 g/mol. The van der Waals surface area contributed by atoms with Gasteiger partial charge < -0.3 is 15.2 Å². The quantitative estimate of drug-likeness (QED) is 0.792. The summed E-state index contributed by atoms with van der Waals surface area (Å²) in [7, 11) is 4.08. The lowest BCUT2D eigenvalue weighted by atomic mass is 10.1. The maximum atomic E-state index is 12.0. The Morgan fingerprint density at radius 2 is 2.05 bits per heavy atom. The summed E-state index contributed by atoms with van der Waals surface area (Å²) in [6.45, 7) is 3.75. The third-order valence-electron chi connectivity index (χ3n) is 3.47. The van der Waals surface area contributed by atoms with Gasteiger partial charge >= 0.3 is 0 Å². The Bertz CT molecular complexity index is 586. The highest BCUT2D eigenvalue weighted by Crippen LogP contribution is 2.22. The van der Waals surface area contributed by atoms with Crippen LogP contribution in [-0.2, 0) is 11.2 Å². The minimum Gasteiger partial charge on any atom is -0.358 e. The maximum absolute atomic E-state index is 12.0. The summed E-state index contributed by atoms with van der Waals surface area (Å²) in [6.07, 6.45) is 1.42. The molecule has 0 unspecified atom stereocenters. The Balaban J connectivity index is 1.94. The van der Waals surface area contributed by atoms with Crippen molar-refractivity contribution in [2.45, 2.75) is 19.8 Å². The van der Waals surface area contributed by atoms with Crippen molar-refractivity contribution >= 4 is 16.8 Å². The first-order valence-corrected chi connectivity index (χ1v) is 7.05. The van der Waals surface area contributed by atoms with Crippen molar-refractivity contribution in [1.29, 1.82) is 0 Å². The number of rotatable bonds is 6. The van der Waals surface area contributed by atoms with Crippen molar-refractivity contribution < 1.29 is 4.79 Å². The first-order valence-electron chi connectivity index (χ1n) is 7.05. The summed E-state index contributed by atoms with van der Waals surface area (Å²) in [6, 6.07) is 8.12. The lowest BCUT2D eigenvalue weighted by Crippen LogP contribution is -2.28. The first-order chi connectivity index (χ1) is 9.58. The third kappa shape index (κ3) is 3.61. The SMILES string of the molecule is Cc1[nH]c2ccccc2c1CC(=O)NCCCN(C)C. The van der Waals surface area contributed by atoms with Crippen molar-refractivity contribution in [1.82, 2.24) is 15.2 Å². The molecule has 1 aromatic heterocycles. The molecule has 1 heterocycles. The molecular formula is C16H23N3O. The van der Waals surface area contributed by atoms with Gasteiger partial charge in [-0.25, -0.2) is 0 Å². The lowest BCUT2D eigenvalue weighted by Gasteiger charge is -2.10. The Kier molecular flexibility index (Phi) is 4.79. The molecule has 0 saturated heterocycles. The summed E-state index contributed by atoms with van der Waals surface area (Å²) in [5.74, 6) is 0.0941. The fourth-order valence-corrected chi connectivity index (χ4v) is 2.41. The summed E-state index contributed by atoms with van der Waals surface area (Å²) in [5.41, 5.74) is 3.28. The van der Waals surface area contributed by atoms with E-state index >= 15 is 0 Å². The Morgan fingerprint density at radius 3 is 2.80 bits per heavy atom. The molecule has 2 aromatic rings. The number of aromatic amines is 1. The molecule has 0 aliphatic carbocycles. The highest BCUT2D eigenvalue weighted by molar-refractivity contribution is 5.90. The van der Waals surface area contributed by atoms with Gasteiger partial charge in [0.15, 0.2) is 0 Å². The number of aromatic nitrogens is 1. The molecule has 0 aliphatic rings. The molecule has 2 rings (SSSR count). The van der Waals surface area contributed by atoms with Crippen LogP contribution in [0, 0.1) is 6.92 Å². The van der Waals surface area contributed by atoms with Crippen LogP contribution in [0.2, 0.25) is 0 Å². The van der Waals surface area contributed by atoms with Gasteiger partial charge in [-0.05, 0) is 45.6 Å². The Labute approximate surface area is 120 Å². The van der Waals surface area contributed by atoms with Crippen molar-refractivity contribution in [2.75, 3.05) is 27.2 Å². The minimum atomic E-state index is 0.0941. The molecule has 2 N–H and O–H groups in total. The van der Waals surface area contributed by atoms with Gasteiger partial charge in [-0.3, -0.25) is 4.79 Å². The second-order valence-corrected chi connectivity index (χ2v) is 5.46. The molecule has 0 bridgehead atoms. The summed E-state index contributed by atoms with van der Waals surface area (Å²) in [4.78, 5) is 17.5. The average molecular weight is 273 g/mol. The molecule has 4 heteroatoms. The molecule has 1 aromatic carbocycles. The number of amides is 1. The fourth-order valence-electron chi connectivity index (χ4n) is 2.41. The molecule has 0 spiro atoms. The Hall–Kier alpha value is -1.81. The number of H-pyrrole nitrogens is 1. The van der Waals surface area contributed by atoms with E-state index in [9.17, 15) is 4.79 Å². The van der Waals surface area contributed by atoms with E-state index < -0.39 is 0 Å². The van der Waals surface area contributed by atoms with Gasteiger partial charge in [-0.15, -0.1) is 0 Å². The van der Waals surface area contributed by atoms with Crippen LogP contribution in [0.15, 0.2) is 24.3 Å². The van der Waals surface area contributed by atoms with Crippen molar-refractivity contribution in [2.24, 2.45) is 0 Å². The summed E-state index contributed by atoms with van der Waals surface area (Å²) >= 11 is 0. The van der Waals surface area contributed by atoms with Gasteiger partial charge in [0.05, 0.1) is 6.42 Å². The van der Waals surface area contributed by atoms with Crippen LogP contribution < -0.4 is 5.32 Å². The molecule has 4 nitrogen and oxygen atoms in total. The number of nitrogens with zero attached hydrogens (tertiary/aromatic N) is 1. The van der Waals surface area contributed by atoms with Crippen molar-refractivity contribution in [3.8, 4) is 0 Å². The molecule has 0 atom stereocenters. The normalized spacial score (nSPS) is 11.2. The van der Waals surface area contributed by atoms with Crippen LogP contribution in [0.4, 0.5) is 0 Å². The highest BCUT2D eigenvalue weighted by Gasteiger charge is 2.11. The molecule has 0 fully saturated rings. The van der Waals surface area contributed by atoms with Crippen LogP contribution in [0.3, 0.4) is 0 Å². The third-order valence-corrected chi connectivity index (χ3v) is 3.47. The number of hydrogen-bond acceptors (Lipinski definition) is 2. The maximum Gasteiger partial charge on any atom is 0.224 e. The van der Waals surface area contributed by atoms with E-state index in [1.54, 1.807) is 0 Å². The molecule has 1 amide bonds. The standard InChI is InChI=1S/C16H23N3O/c1-12-14(13-7-4-5-8-15(13)18-12)11-16(20)17-9-6-10-19(2)3/h4-5,7-8,18H,6,9-11H2,1-3H3,(H,17,20). The average Bonchev–Trinajstić information content (AvgIpc) is 2.71. The minimum absolute atomic E-state index is 0.0941. The van der Waals surface area contributed by atoms with Crippen LogP contribution in [0.1, 0.15) is 17.7 Å². The predicted molar refractivity (Wildman–Crippen MR) is 82.9 cm³/mol. The largest absolute Gasteiger partial charge is 0.358 e. The fraction of sp³-hybridized carbons (Fsp3) is 0.438. The number of fused-ring (bicyclic) bond motifs is 1. The molecule has 0 saturated carbocycles. The van der Waals surface area contributed by atoms with Gasteiger partial charge in [0, 0.05) is 23.1 Å². The van der Waals surface area contributed by atoms with Gasteiger partial charge in [-0.1, -0.05) is 18.2 Å². The predicted octanol–water partition coefficient (Wildman–Crippen LogP) is 2.09. The van der Waals surface area contributed by atoms with Gasteiger partial charge in [0.1, 0.15) is 0 Å². The molecular weight excluding hydrogens is 250 g/mol. The number of aryl methyl sites for hydroxylation is 1. The second kappa shape index (κ2) is 6.57. The molecule has 0 aliphatic heterocycles. The molecule has 20 heavy (non-hydrogen) atoms. The van der Waals surface area contributed by atoms with Crippen molar-refractivity contribution in [3.63, 3.8) is 0 Å². The number of carbonyl (C=O) groups is 1. The van der Waals surface area contributed by atoms with Gasteiger partial charge in [-0.2, -0.15) is 0 Å². The molecule has 0 radical (unpaired) electrons. The smallest absolute Gasteiger partial charge is 0.224 e. The number of carbonyl (C=O) groups excluding carboxylic acids is 1. The van der Waals surface area contributed by atoms with Crippen molar-refractivity contribution in [3.05, 3.63) is 35.5 Å². The van der Waals surface area contributed by atoms with Crippen LogP contribution in [0.5, 0.6) is 0 Å². The number of nitrogens with one attached hydrogen (secondary N) is 2. The second-order valence-electron chi connectivity index (χ2n) is 5.46. The van der Waals surface area contributed by atoms with Crippen LogP contribution in [-0.4, -0.2) is 43.0 Å². The number of benzene rings is 1. The number of para-hydroxylation sites is 1. The van der Waals surface area contributed by atoms with Gasteiger partial charge in [0.2, 0.25) is 5.91 Å². The van der Waals surface area contributed by atoms with E-state index in [2.05, 4.69) is 21.3 Å². The van der Waals surface area contributed by atoms with Crippen LogP contribution >= 0.6 is 0 Å². The number of hydrogen-bond donors (Lipinski definition) is 2. The summed E-state index contributed by atoms with van der Waals surface area (Å²) < 4.78 is 0. The topological polar surface area (TPSA) is 48.1 Å². The lowest BCUT2D eigenvalue weighted by molar-refractivity contribution is -0.120. The molecule has 108 valence electrons. The van der Waals surface area contributed by atoms with E-state index in [0.717, 1.165) is 41.7 Å². The van der Waals surface area contributed by atoms with Gasteiger partial charge in [0.25, 0.3) is 0 Å². The van der Waals surface area contributed by atoms with E-state index in [0.29, 0.717) is 6.42 Å². The summed E-state index contributed by atoms with van der Waals surface area (Å²) in [5, 5.41) is 4.14. The Morgan fingerprint density at radius 1 is 1.30 bits per heavy atom. The highest BCUT2D eigenvalue weighted by atomic mass is 16.1. The van der Waals surface area contributed by atoms with Crippen LogP contribution in [0.25, 0.3) is 10.9 Å². The van der Waals surface area contributed by atoms with E-state index in [-0.39, 0.29) is 5.91 Å². The van der Waals surface area contributed by atoms with E-state index in [1.165, 1.54) is 0 Å². The zero-order valence-electron chi connectivity index (χ0n) is 12.5. The van der Waals surface area contributed by atoms with E-state index in [1.807, 2.05) is 39.2 Å².